The average molecular weight is 236 g/mol. The van der Waals surface area contributed by atoms with Gasteiger partial charge < -0.3 is 14.9 Å². The summed E-state index contributed by atoms with van der Waals surface area (Å²) >= 11 is 0. The largest absolute Gasteiger partial charge is 0.459 e. The van der Waals surface area contributed by atoms with Gasteiger partial charge in [0.15, 0.2) is 0 Å². The first-order valence-electron chi connectivity index (χ1n) is 5.30. The lowest BCUT2D eigenvalue weighted by Gasteiger charge is -2.21. The van der Waals surface area contributed by atoms with Crippen molar-refractivity contribution in [2.45, 2.75) is 12.5 Å². The molecule has 1 aromatic rings. The highest BCUT2D eigenvalue weighted by Crippen LogP contribution is 2.09. The molecule has 1 aromatic carbocycles. The van der Waals surface area contributed by atoms with Crippen LogP contribution in [0.5, 0.6) is 0 Å². The van der Waals surface area contributed by atoms with Crippen LogP contribution < -0.4 is 0 Å². The Bertz CT molecular complexity index is 386. The minimum atomic E-state index is -1.51. The smallest absolute Gasteiger partial charge is 0.338 e. The van der Waals surface area contributed by atoms with Crippen LogP contribution in [0.1, 0.15) is 17.3 Å². The molecule has 0 amide bonds. The minimum Gasteiger partial charge on any atom is -0.459 e. The van der Waals surface area contributed by atoms with Gasteiger partial charge in [0.2, 0.25) is 0 Å². The van der Waals surface area contributed by atoms with Gasteiger partial charge in [0.05, 0.1) is 12.2 Å². The van der Waals surface area contributed by atoms with Gasteiger partial charge in [-0.3, -0.25) is 0 Å². The van der Waals surface area contributed by atoms with E-state index in [1.54, 1.807) is 43.3 Å². The first-order valence-corrected chi connectivity index (χ1v) is 5.30. The van der Waals surface area contributed by atoms with Crippen LogP contribution in [0.2, 0.25) is 0 Å². The summed E-state index contributed by atoms with van der Waals surface area (Å²) in [4.78, 5) is 11.6. The van der Waals surface area contributed by atoms with Crippen molar-refractivity contribution in [3.8, 4) is 0 Å². The summed E-state index contributed by atoms with van der Waals surface area (Å²) in [6, 6.07) is 8.48. The van der Waals surface area contributed by atoms with Crippen LogP contribution in [0, 0.1) is 0 Å². The van der Waals surface area contributed by atoms with Gasteiger partial charge in [-0.1, -0.05) is 30.4 Å². The number of carbonyl (C=O) groups excluding carboxylic acids is 1. The van der Waals surface area contributed by atoms with E-state index in [9.17, 15) is 9.90 Å². The van der Waals surface area contributed by atoms with Crippen LogP contribution in [0.3, 0.4) is 0 Å². The number of esters is 1. The highest BCUT2D eigenvalue weighted by atomic mass is 16.5. The van der Waals surface area contributed by atoms with Crippen LogP contribution in [0.15, 0.2) is 42.5 Å². The van der Waals surface area contributed by atoms with Crippen LogP contribution in [-0.2, 0) is 4.74 Å². The van der Waals surface area contributed by atoms with Crippen LogP contribution in [0.25, 0.3) is 0 Å². The first kappa shape index (κ1) is 13.4. The summed E-state index contributed by atoms with van der Waals surface area (Å²) in [5.41, 5.74) is -1.10. The van der Waals surface area contributed by atoms with E-state index in [0.29, 0.717) is 5.56 Å². The van der Waals surface area contributed by atoms with Crippen LogP contribution in [0.4, 0.5) is 0 Å². The van der Waals surface area contributed by atoms with E-state index in [2.05, 4.69) is 0 Å². The Morgan fingerprint density at radius 3 is 2.59 bits per heavy atom. The third kappa shape index (κ3) is 4.01. The van der Waals surface area contributed by atoms with Gasteiger partial charge in [-0.25, -0.2) is 4.79 Å². The molecular formula is C13H16O4. The Hall–Kier alpha value is -1.65. The summed E-state index contributed by atoms with van der Waals surface area (Å²) in [7, 11) is 0. The van der Waals surface area contributed by atoms with Crippen molar-refractivity contribution < 1.29 is 19.7 Å². The highest BCUT2D eigenvalue weighted by Gasteiger charge is 2.24. The Morgan fingerprint density at radius 1 is 1.41 bits per heavy atom. The molecule has 0 aliphatic heterocycles. The van der Waals surface area contributed by atoms with Gasteiger partial charge in [0.25, 0.3) is 0 Å². The van der Waals surface area contributed by atoms with Crippen molar-refractivity contribution in [1.29, 1.82) is 0 Å². The molecule has 0 aromatic heterocycles. The van der Waals surface area contributed by atoms with E-state index in [1.165, 1.54) is 6.08 Å². The van der Waals surface area contributed by atoms with E-state index in [1.807, 2.05) is 0 Å². The molecule has 4 heteroatoms. The second-order valence-corrected chi connectivity index (χ2v) is 3.70. The van der Waals surface area contributed by atoms with Gasteiger partial charge in [0, 0.05) is 0 Å². The molecule has 0 bridgehead atoms. The normalized spacial score (nSPS) is 14.5. The molecule has 0 heterocycles. The van der Waals surface area contributed by atoms with Crippen molar-refractivity contribution in [2.24, 2.45) is 0 Å². The van der Waals surface area contributed by atoms with Crippen LogP contribution in [-0.4, -0.2) is 35.0 Å². The van der Waals surface area contributed by atoms with E-state index in [0.717, 1.165) is 0 Å². The number of rotatable bonds is 5. The van der Waals surface area contributed by atoms with E-state index >= 15 is 0 Å². The minimum absolute atomic E-state index is 0.276. The predicted octanol–water partition coefficient (Wildman–Crippen LogP) is 1.14. The summed E-state index contributed by atoms with van der Waals surface area (Å²) in [5.74, 6) is -0.526. The van der Waals surface area contributed by atoms with Crippen molar-refractivity contribution in [3.05, 3.63) is 48.0 Å². The standard InChI is InChI=1S/C13H16O4/c1-2-8-13(16,9-14)10-17-12(15)11-6-4-3-5-7-11/h2-8,14,16H,9-10H2,1H3/b8-2+/t13-/m0/s1. The Labute approximate surface area is 100 Å². The molecule has 0 radical (unpaired) electrons. The van der Waals surface area contributed by atoms with Crippen molar-refractivity contribution in [3.63, 3.8) is 0 Å². The van der Waals surface area contributed by atoms with Crippen molar-refractivity contribution in [1.82, 2.24) is 0 Å². The van der Waals surface area contributed by atoms with E-state index in [-0.39, 0.29) is 6.61 Å². The number of carbonyl (C=O) groups is 1. The lowest BCUT2D eigenvalue weighted by molar-refractivity contribution is -0.0324. The zero-order valence-electron chi connectivity index (χ0n) is 9.67. The molecule has 0 saturated carbocycles. The molecular weight excluding hydrogens is 220 g/mol. The molecule has 0 saturated heterocycles. The van der Waals surface area contributed by atoms with Gasteiger partial charge in [0.1, 0.15) is 12.2 Å². The molecule has 1 rings (SSSR count). The number of aliphatic hydroxyl groups is 2. The summed E-state index contributed by atoms with van der Waals surface area (Å²) in [6.45, 7) is 0.931. The zero-order chi connectivity index (χ0) is 12.7. The topological polar surface area (TPSA) is 66.8 Å². The van der Waals surface area contributed by atoms with Crippen molar-refractivity contribution in [2.75, 3.05) is 13.2 Å². The maximum absolute atomic E-state index is 11.6. The van der Waals surface area contributed by atoms with E-state index < -0.39 is 18.2 Å². The average Bonchev–Trinajstić information content (AvgIpc) is 2.37. The molecule has 1 atom stereocenters. The predicted molar refractivity (Wildman–Crippen MR) is 63.6 cm³/mol. The van der Waals surface area contributed by atoms with Gasteiger partial charge in [-0.15, -0.1) is 0 Å². The number of hydrogen-bond acceptors (Lipinski definition) is 4. The van der Waals surface area contributed by atoms with Crippen LogP contribution >= 0.6 is 0 Å². The molecule has 0 unspecified atom stereocenters. The number of allylic oxidation sites excluding steroid dienone is 1. The first-order chi connectivity index (χ1) is 8.11. The molecule has 0 fully saturated rings. The molecule has 92 valence electrons. The monoisotopic (exact) mass is 236 g/mol. The van der Waals surface area contributed by atoms with Gasteiger partial charge in [-0.2, -0.15) is 0 Å². The molecule has 0 spiro atoms. The van der Waals surface area contributed by atoms with Gasteiger partial charge in [-0.05, 0) is 19.1 Å². The maximum atomic E-state index is 11.6. The third-order valence-corrected chi connectivity index (χ3v) is 2.21. The Balaban J connectivity index is 2.59. The van der Waals surface area contributed by atoms with E-state index in [4.69, 9.17) is 9.84 Å². The summed E-state index contributed by atoms with van der Waals surface area (Å²) in [5, 5.41) is 18.8. The highest BCUT2D eigenvalue weighted by molar-refractivity contribution is 5.89. The summed E-state index contributed by atoms with van der Waals surface area (Å²) in [6.07, 6.45) is 2.98. The second kappa shape index (κ2) is 6.18. The molecule has 4 nitrogen and oxygen atoms in total. The fourth-order valence-electron chi connectivity index (χ4n) is 1.30. The lowest BCUT2D eigenvalue weighted by atomic mass is 10.1. The van der Waals surface area contributed by atoms with Crippen molar-refractivity contribution >= 4 is 5.97 Å². The molecule has 0 aliphatic rings. The number of aliphatic hydroxyl groups excluding tert-OH is 1. The molecule has 0 aliphatic carbocycles. The number of benzene rings is 1. The lowest BCUT2D eigenvalue weighted by Crippen LogP contribution is -2.37. The number of ether oxygens (including phenoxy) is 1. The Morgan fingerprint density at radius 2 is 2.06 bits per heavy atom. The molecule has 17 heavy (non-hydrogen) atoms. The quantitative estimate of drug-likeness (QED) is 0.594. The Kier molecular flexibility index (Phi) is 4.87. The molecule has 2 N–H and O–H groups in total. The fraction of sp³-hybridized carbons (Fsp3) is 0.308. The maximum Gasteiger partial charge on any atom is 0.338 e. The zero-order valence-corrected chi connectivity index (χ0v) is 9.67. The third-order valence-electron chi connectivity index (χ3n) is 2.21. The second-order valence-electron chi connectivity index (χ2n) is 3.70. The fourth-order valence-corrected chi connectivity index (χ4v) is 1.30. The van der Waals surface area contributed by atoms with Gasteiger partial charge >= 0.3 is 5.97 Å². The number of hydrogen-bond donors (Lipinski definition) is 2. The SMILES string of the molecule is C/C=C/[C@](O)(CO)COC(=O)c1ccccc1. The summed E-state index contributed by atoms with van der Waals surface area (Å²) < 4.78 is 4.94.